The van der Waals surface area contributed by atoms with Crippen LogP contribution in [0.5, 0.6) is 0 Å². The van der Waals surface area contributed by atoms with Gasteiger partial charge in [0.15, 0.2) is 0 Å². The molecule has 0 spiro atoms. The van der Waals surface area contributed by atoms with Gasteiger partial charge in [0.1, 0.15) is 0 Å². The zero-order chi connectivity index (χ0) is 12.8. The number of nitrogens with zero attached hydrogens (tertiary/aromatic N) is 2. The van der Waals surface area contributed by atoms with Crippen molar-refractivity contribution < 1.29 is 14.3 Å². The Morgan fingerprint density at radius 3 is 2.47 bits per heavy atom. The molecule has 0 aromatic heterocycles. The molecule has 0 atom stereocenters. The number of hydrogen-bond acceptors (Lipinski definition) is 4. The van der Waals surface area contributed by atoms with Gasteiger partial charge in [-0.1, -0.05) is 6.92 Å². The first-order valence-electron chi connectivity index (χ1n) is 5.93. The fourth-order valence-corrected chi connectivity index (χ4v) is 1.85. The molecule has 0 aromatic rings. The molecule has 0 aliphatic carbocycles. The number of ether oxygens (including phenoxy) is 1. The zero-order valence-electron chi connectivity index (χ0n) is 10.6. The lowest BCUT2D eigenvalue weighted by Crippen LogP contribution is -2.43. The van der Waals surface area contributed by atoms with Gasteiger partial charge in [0.25, 0.3) is 0 Å². The average molecular weight is 241 g/mol. The van der Waals surface area contributed by atoms with Gasteiger partial charge in [0.2, 0.25) is 5.91 Å². The molecule has 5 nitrogen and oxygen atoms in total. The van der Waals surface area contributed by atoms with Crippen LogP contribution in [0.2, 0.25) is 0 Å². The Bertz CT molecular complexity index is 273. The minimum Gasteiger partial charge on any atom is -0.468 e. The minimum atomic E-state index is -0.375. The second-order valence-electron chi connectivity index (χ2n) is 4.63. The summed E-state index contributed by atoms with van der Waals surface area (Å²) in [6.45, 7) is 4.04. The summed E-state index contributed by atoms with van der Waals surface area (Å²) in [4.78, 5) is 26.2. The Morgan fingerprint density at radius 2 is 1.94 bits per heavy atom. The van der Waals surface area contributed by atoms with E-state index in [9.17, 15) is 9.59 Å². The number of hydrogen-bond donors (Lipinski definition) is 0. The Morgan fingerprint density at radius 1 is 1.35 bits per heavy atom. The van der Waals surface area contributed by atoms with E-state index in [-0.39, 0.29) is 25.0 Å². The summed E-state index contributed by atoms with van der Waals surface area (Å²) in [7, 11) is 4.98. The smallest absolute Gasteiger partial charge is 0.317 e. The fraction of sp³-hybridized carbons (Fsp3) is 0.750. The van der Waals surface area contributed by atoms with Crippen molar-refractivity contribution in [1.29, 1.82) is 0 Å². The first-order chi connectivity index (χ1) is 8.02. The zero-order valence-corrected chi connectivity index (χ0v) is 10.6. The van der Waals surface area contributed by atoms with Crippen molar-refractivity contribution in [2.24, 2.45) is 5.92 Å². The largest absolute Gasteiger partial charge is 0.468 e. The molecule has 0 bridgehead atoms. The molecular formula is C12H21N2O3-. The maximum Gasteiger partial charge on any atom is 0.317 e. The van der Waals surface area contributed by atoms with Crippen LogP contribution in [-0.4, -0.2) is 55.0 Å². The van der Waals surface area contributed by atoms with E-state index in [1.165, 1.54) is 12.0 Å². The van der Waals surface area contributed by atoms with E-state index in [0.717, 1.165) is 25.9 Å². The number of piperidine rings is 1. The molecular weight excluding hydrogens is 220 g/mol. The molecule has 1 fully saturated rings. The van der Waals surface area contributed by atoms with Crippen molar-refractivity contribution in [3.63, 3.8) is 0 Å². The standard InChI is InChI=1S/C12H21N2O3/c1-10-4-6-14(7-5-10)11(15)8-13(2)9-12(16)17-3/h10H,2,4-9H2,1,3H3/q-1. The third-order valence-corrected chi connectivity index (χ3v) is 3.08. The number of esters is 1. The lowest BCUT2D eigenvalue weighted by Gasteiger charge is -2.33. The lowest BCUT2D eigenvalue weighted by molar-refractivity contribution is -0.142. The van der Waals surface area contributed by atoms with Crippen LogP contribution in [0.15, 0.2) is 0 Å². The van der Waals surface area contributed by atoms with Gasteiger partial charge in [-0.2, -0.15) is 0 Å². The van der Waals surface area contributed by atoms with Gasteiger partial charge in [-0.15, -0.1) is 0 Å². The third-order valence-electron chi connectivity index (χ3n) is 3.08. The SMILES string of the molecule is [CH2-]N(CC(=O)OC)CC(=O)N1CCC(C)CC1. The van der Waals surface area contributed by atoms with Crippen molar-refractivity contribution in [2.45, 2.75) is 19.8 Å². The van der Waals surface area contributed by atoms with E-state index in [1.807, 2.05) is 4.90 Å². The van der Waals surface area contributed by atoms with Gasteiger partial charge in [-0.25, -0.2) is 0 Å². The average Bonchev–Trinajstić information content (AvgIpc) is 2.29. The van der Waals surface area contributed by atoms with Gasteiger partial charge in [-0.3, -0.25) is 16.6 Å². The summed E-state index contributed by atoms with van der Waals surface area (Å²) in [5.74, 6) is 0.362. The highest BCUT2D eigenvalue weighted by molar-refractivity contribution is 5.79. The number of amides is 1. The number of carbonyl (C=O) groups is 2. The third kappa shape index (κ3) is 4.73. The van der Waals surface area contributed by atoms with Crippen molar-refractivity contribution in [2.75, 3.05) is 33.3 Å². The molecule has 1 aliphatic heterocycles. The van der Waals surface area contributed by atoms with Crippen molar-refractivity contribution >= 4 is 11.9 Å². The van der Waals surface area contributed by atoms with Crippen molar-refractivity contribution in [1.82, 2.24) is 9.80 Å². The molecule has 1 rings (SSSR count). The highest BCUT2D eigenvalue weighted by Crippen LogP contribution is 2.15. The second-order valence-corrected chi connectivity index (χ2v) is 4.63. The monoisotopic (exact) mass is 241 g/mol. The molecule has 1 amide bonds. The van der Waals surface area contributed by atoms with Gasteiger partial charge in [0, 0.05) is 13.1 Å². The van der Waals surface area contributed by atoms with E-state index in [1.54, 1.807) is 0 Å². The molecule has 1 aliphatic rings. The maximum atomic E-state index is 11.9. The van der Waals surface area contributed by atoms with Crippen LogP contribution < -0.4 is 0 Å². The molecule has 0 N–H and O–H groups in total. The van der Waals surface area contributed by atoms with E-state index >= 15 is 0 Å². The molecule has 0 aromatic carbocycles. The molecule has 0 unspecified atom stereocenters. The summed E-state index contributed by atoms with van der Waals surface area (Å²) >= 11 is 0. The predicted molar refractivity (Wildman–Crippen MR) is 63.9 cm³/mol. The van der Waals surface area contributed by atoms with Crippen LogP contribution in [-0.2, 0) is 14.3 Å². The number of methoxy groups -OCH3 is 1. The second kappa shape index (κ2) is 6.59. The molecule has 0 radical (unpaired) electrons. The molecule has 5 heteroatoms. The number of likely N-dealkylation sites (tertiary alicyclic amines) is 1. The van der Waals surface area contributed by atoms with E-state index in [4.69, 9.17) is 0 Å². The summed E-state index contributed by atoms with van der Waals surface area (Å²) < 4.78 is 4.52. The highest BCUT2D eigenvalue weighted by atomic mass is 16.5. The fourth-order valence-electron chi connectivity index (χ4n) is 1.85. The summed E-state index contributed by atoms with van der Waals surface area (Å²) in [6, 6.07) is 0. The van der Waals surface area contributed by atoms with Crippen LogP contribution in [0.3, 0.4) is 0 Å². The quantitative estimate of drug-likeness (QED) is 0.531. The van der Waals surface area contributed by atoms with Crippen LogP contribution in [0.1, 0.15) is 19.8 Å². The first-order valence-corrected chi connectivity index (χ1v) is 5.93. The first kappa shape index (κ1) is 14.0. The van der Waals surface area contributed by atoms with Crippen molar-refractivity contribution in [3.05, 3.63) is 7.05 Å². The van der Waals surface area contributed by atoms with E-state index < -0.39 is 0 Å². The summed E-state index contributed by atoms with van der Waals surface area (Å²) in [5, 5.41) is 0. The molecule has 17 heavy (non-hydrogen) atoms. The van der Waals surface area contributed by atoms with Crippen LogP contribution in [0.25, 0.3) is 0 Å². The topological polar surface area (TPSA) is 49.9 Å². The van der Waals surface area contributed by atoms with Crippen molar-refractivity contribution in [3.8, 4) is 0 Å². The summed E-state index contributed by atoms with van der Waals surface area (Å²) in [5.41, 5.74) is 0. The number of rotatable bonds is 4. The Hall–Kier alpha value is -1.10. The normalized spacial score (nSPS) is 17.3. The van der Waals surface area contributed by atoms with E-state index in [0.29, 0.717) is 5.92 Å². The predicted octanol–water partition coefficient (Wildman–Crippen LogP) is 0.511. The van der Waals surface area contributed by atoms with Gasteiger partial charge < -0.3 is 14.5 Å². The summed E-state index contributed by atoms with van der Waals surface area (Å²) in [6.07, 6.45) is 2.11. The lowest BCUT2D eigenvalue weighted by atomic mass is 9.99. The van der Waals surface area contributed by atoms with Gasteiger partial charge >= 0.3 is 5.97 Å². The Balaban J connectivity index is 2.31. The highest BCUT2D eigenvalue weighted by Gasteiger charge is 2.20. The van der Waals surface area contributed by atoms with E-state index in [2.05, 4.69) is 18.7 Å². The Labute approximate surface area is 103 Å². The molecule has 1 heterocycles. The minimum absolute atomic E-state index is 0.0378. The van der Waals surface area contributed by atoms with Crippen LogP contribution in [0.4, 0.5) is 0 Å². The molecule has 0 saturated carbocycles. The van der Waals surface area contributed by atoms with Crippen LogP contribution >= 0.6 is 0 Å². The van der Waals surface area contributed by atoms with Crippen LogP contribution in [0, 0.1) is 13.0 Å². The maximum absolute atomic E-state index is 11.9. The Kier molecular flexibility index (Phi) is 5.41. The van der Waals surface area contributed by atoms with Gasteiger partial charge in [0.05, 0.1) is 20.2 Å². The van der Waals surface area contributed by atoms with Gasteiger partial charge in [-0.05, 0) is 18.8 Å². The molecule has 1 saturated heterocycles. The molecule has 98 valence electrons. The number of carbonyl (C=O) groups excluding carboxylic acids is 2.